The quantitative estimate of drug-likeness (QED) is 0.685. The van der Waals surface area contributed by atoms with E-state index < -0.39 is 0 Å². The van der Waals surface area contributed by atoms with Gasteiger partial charge in [0.25, 0.3) is 5.91 Å². The number of anilines is 1. The highest BCUT2D eigenvalue weighted by Gasteiger charge is 2.09. The zero-order valence-electron chi connectivity index (χ0n) is 14.5. The zero-order chi connectivity index (χ0) is 17.5. The van der Waals surface area contributed by atoms with E-state index in [1.807, 2.05) is 38.1 Å². The first-order valence-corrected chi connectivity index (χ1v) is 9.07. The van der Waals surface area contributed by atoms with E-state index in [1.165, 1.54) is 18.4 Å². The maximum Gasteiger partial charge on any atom is 0.262 e. The summed E-state index contributed by atoms with van der Waals surface area (Å²) in [6.45, 7) is 6.13. The van der Waals surface area contributed by atoms with Crippen molar-refractivity contribution in [3.8, 4) is 5.75 Å². The van der Waals surface area contributed by atoms with Crippen molar-refractivity contribution in [2.75, 3.05) is 11.9 Å². The van der Waals surface area contributed by atoms with Crippen molar-refractivity contribution in [3.63, 3.8) is 0 Å². The predicted molar refractivity (Wildman–Crippen MR) is 103 cm³/mol. The molecule has 4 heteroatoms. The van der Waals surface area contributed by atoms with E-state index in [9.17, 15) is 4.79 Å². The molecule has 0 heterocycles. The van der Waals surface area contributed by atoms with Gasteiger partial charge >= 0.3 is 0 Å². The van der Waals surface area contributed by atoms with Crippen molar-refractivity contribution in [2.24, 2.45) is 0 Å². The van der Waals surface area contributed by atoms with Crippen LogP contribution in [0.2, 0.25) is 0 Å². The Kier molecular flexibility index (Phi) is 6.85. The lowest BCUT2D eigenvalue weighted by molar-refractivity contribution is -0.118. The van der Waals surface area contributed by atoms with Crippen LogP contribution in [0.3, 0.4) is 0 Å². The second-order valence-electron chi connectivity index (χ2n) is 6.01. The number of halogens is 1. The van der Waals surface area contributed by atoms with Gasteiger partial charge in [-0.3, -0.25) is 4.79 Å². The van der Waals surface area contributed by atoms with Crippen molar-refractivity contribution in [1.82, 2.24) is 0 Å². The van der Waals surface area contributed by atoms with Crippen molar-refractivity contribution in [2.45, 2.75) is 40.0 Å². The SMILES string of the molecule is CCCCc1ccc(NC(=O)COc2c(C)cc(Br)cc2C)cc1. The number of aryl methyl sites for hydroxylation is 3. The maximum atomic E-state index is 12.1. The molecular formula is C20H24BrNO2. The molecule has 0 saturated carbocycles. The Morgan fingerprint density at radius 2 is 1.75 bits per heavy atom. The summed E-state index contributed by atoms with van der Waals surface area (Å²) in [7, 11) is 0. The Hall–Kier alpha value is -1.81. The van der Waals surface area contributed by atoms with E-state index in [0.29, 0.717) is 0 Å². The highest BCUT2D eigenvalue weighted by molar-refractivity contribution is 9.10. The van der Waals surface area contributed by atoms with Gasteiger partial charge in [-0.2, -0.15) is 0 Å². The Morgan fingerprint density at radius 3 is 2.33 bits per heavy atom. The average Bonchev–Trinajstić information content (AvgIpc) is 2.53. The van der Waals surface area contributed by atoms with Crippen LogP contribution in [-0.4, -0.2) is 12.5 Å². The van der Waals surface area contributed by atoms with Gasteiger partial charge in [-0.15, -0.1) is 0 Å². The Morgan fingerprint density at radius 1 is 1.12 bits per heavy atom. The number of benzene rings is 2. The van der Waals surface area contributed by atoms with Gasteiger partial charge in [0.05, 0.1) is 0 Å². The normalized spacial score (nSPS) is 10.5. The number of amides is 1. The van der Waals surface area contributed by atoms with Crippen LogP contribution in [0, 0.1) is 13.8 Å². The molecule has 0 unspecified atom stereocenters. The minimum Gasteiger partial charge on any atom is -0.483 e. The predicted octanol–water partition coefficient (Wildman–Crippen LogP) is 5.43. The molecule has 0 radical (unpaired) electrons. The fourth-order valence-electron chi connectivity index (χ4n) is 2.60. The highest BCUT2D eigenvalue weighted by Crippen LogP contribution is 2.27. The molecule has 24 heavy (non-hydrogen) atoms. The lowest BCUT2D eigenvalue weighted by Gasteiger charge is -2.13. The lowest BCUT2D eigenvalue weighted by Crippen LogP contribution is -2.20. The van der Waals surface area contributed by atoms with E-state index in [1.54, 1.807) is 0 Å². The van der Waals surface area contributed by atoms with Crippen LogP contribution in [0.1, 0.15) is 36.5 Å². The van der Waals surface area contributed by atoms with Gasteiger partial charge in [-0.05, 0) is 67.6 Å². The summed E-state index contributed by atoms with van der Waals surface area (Å²) in [5, 5.41) is 2.87. The van der Waals surface area contributed by atoms with E-state index >= 15 is 0 Å². The first kappa shape index (κ1) is 18.5. The van der Waals surface area contributed by atoms with E-state index in [0.717, 1.165) is 33.5 Å². The summed E-state index contributed by atoms with van der Waals surface area (Å²) in [4.78, 5) is 12.1. The van der Waals surface area contributed by atoms with Crippen molar-refractivity contribution >= 4 is 27.5 Å². The number of ether oxygens (including phenoxy) is 1. The monoisotopic (exact) mass is 389 g/mol. The molecule has 0 aliphatic heterocycles. The van der Waals surface area contributed by atoms with Crippen molar-refractivity contribution in [3.05, 3.63) is 57.6 Å². The van der Waals surface area contributed by atoms with Gasteiger partial charge in [0.1, 0.15) is 5.75 Å². The minimum absolute atomic E-state index is 0.000891. The number of unbranched alkanes of at least 4 members (excludes halogenated alkanes) is 1. The van der Waals surface area contributed by atoms with Gasteiger partial charge in [-0.1, -0.05) is 41.4 Å². The number of hydrogen-bond donors (Lipinski definition) is 1. The molecular weight excluding hydrogens is 366 g/mol. The highest BCUT2D eigenvalue weighted by atomic mass is 79.9. The lowest BCUT2D eigenvalue weighted by atomic mass is 10.1. The fraction of sp³-hybridized carbons (Fsp3) is 0.350. The molecule has 0 fully saturated rings. The molecule has 1 amide bonds. The summed E-state index contributed by atoms with van der Waals surface area (Å²) in [6.07, 6.45) is 3.45. The Labute approximate surface area is 152 Å². The first-order valence-electron chi connectivity index (χ1n) is 8.28. The average molecular weight is 390 g/mol. The fourth-order valence-corrected chi connectivity index (χ4v) is 3.28. The van der Waals surface area contributed by atoms with Crippen molar-refractivity contribution < 1.29 is 9.53 Å². The molecule has 0 spiro atoms. The second-order valence-corrected chi connectivity index (χ2v) is 6.92. The topological polar surface area (TPSA) is 38.3 Å². The number of rotatable bonds is 7. The van der Waals surface area contributed by atoms with Gasteiger partial charge in [-0.25, -0.2) is 0 Å². The van der Waals surface area contributed by atoms with Crippen LogP contribution in [0.4, 0.5) is 5.69 Å². The van der Waals surface area contributed by atoms with Crippen LogP contribution in [0.25, 0.3) is 0 Å². The van der Waals surface area contributed by atoms with Gasteiger partial charge in [0.15, 0.2) is 6.61 Å². The number of carbonyl (C=O) groups is 1. The molecule has 0 bridgehead atoms. The third-order valence-electron chi connectivity index (χ3n) is 3.83. The zero-order valence-corrected chi connectivity index (χ0v) is 16.1. The largest absolute Gasteiger partial charge is 0.483 e. The van der Waals surface area contributed by atoms with E-state index in [4.69, 9.17) is 4.74 Å². The third kappa shape index (κ3) is 5.38. The minimum atomic E-state index is -0.155. The number of nitrogens with one attached hydrogen (secondary N) is 1. The molecule has 2 aromatic rings. The molecule has 1 N–H and O–H groups in total. The smallest absolute Gasteiger partial charge is 0.262 e. The van der Waals surface area contributed by atoms with Crippen LogP contribution >= 0.6 is 15.9 Å². The Bertz CT molecular complexity index is 672. The van der Waals surface area contributed by atoms with Crippen LogP contribution < -0.4 is 10.1 Å². The summed E-state index contributed by atoms with van der Waals surface area (Å²) >= 11 is 3.46. The molecule has 0 atom stereocenters. The number of carbonyl (C=O) groups excluding carboxylic acids is 1. The van der Waals surface area contributed by atoms with Gasteiger partial charge in [0, 0.05) is 10.2 Å². The summed E-state index contributed by atoms with van der Waals surface area (Å²) in [6, 6.07) is 12.0. The van der Waals surface area contributed by atoms with Gasteiger partial charge < -0.3 is 10.1 Å². The Balaban J connectivity index is 1.89. The summed E-state index contributed by atoms with van der Waals surface area (Å²) < 4.78 is 6.71. The maximum absolute atomic E-state index is 12.1. The van der Waals surface area contributed by atoms with Gasteiger partial charge in [0.2, 0.25) is 0 Å². The van der Waals surface area contributed by atoms with Crippen LogP contribution in [0.15, 0.2) is 40.9 Å². The second kappa shape index (κ2) is 8.88. The molecule has 128 valence electrons. The van der Waals surface area contributed by atoms with E-state index in [2.05, 4.69) is 40.3 Å². The van der Waals surface area contributed by atoms with Crippen LogP contribution in [0.5, 0.6) is 5.75 Å². The molecule has 0 aliphatic carbocycles. The molecule has 2 aromatic carbocycles. The van der Waals surface area contributed by atoms with E-state index in [-0.39, 0.29) is 12.5 Å². The molecule has 0 aromatic heterocycles. The molecule has 2 rings (SSSR count). The summed E-state index contributed by atoms with van der Waals surface area (Å²) in [5.41, 5.74) is 4.12. The number of hydrogen-bond acceptors (Lipinski definition) is 2. The molecule has 0 aliphatic rings. The van der Waals surface area contributed by atoms with Crippen molar-refractivity contribution in [1.29, 1.82) is 0 Å². The molecule has 0 saturated heterocycles. The van der Waals surface area contributed by atoms with Crippen LogP contribution in [-0.2, 0) is 11.2 Å². The standard InChI is InChI=1S/C20H24BrNO2/c1-4-5-6-16-7-9-18(10-8-16)22-19(23)13-24-20-14(2)11-17(21)12-15(20)3/h7-12H,4-6,13H2,1-3H3,(H,22,23). The molecule has 3 nitrogen and oxygen atoms in total. The summed E-state index contributed by atoms with van der Waals surface area (Å²) in [5.74, 6) is 0.612. The third-order valence-corrected chi connectivity index (χ3v) is 4.29. The first-order chi connectivity index (χ1) is 11.5.